The molecule has 1 fully saturated rings. The number of hydrogen-bond acceptors (Lipinski definition) is 6. The zero-order valence-electron chi connectivity index (χ0n) is 14.3. The monoisotopic (exact) mass is 388 g/mol. The second-order valence-electron chi connectivity index (χ2n) is 6.20. The first-order valence-corrected chi connectivity index (χ1v) is 9.04. The summed E-state index contributed by atoms with van der Waals surface area (Å²) in [6, 6.07) is 9.02. The van der Waals surface area contributed by atoms with Gasteiger partial charge in [0.05, 0.1) is 13.7 Å². The van der Waals surface area contributed by atoms with Crippen LogP contribution < -0.4 is 0 Å². The van der Waals surface area contributed by atoms with Crippen molar-refractivity contribution in [2.75, 3.05) is 13.7 Å². The molecule has 1 N–H and O–H groups in total. The average molecular weight is 388 g/mol. The van der Waals surface area contributed by atoms with Crippen LogP contribution in [0, 0.1) is 0 Å². The van der Waals surface area contributed by atoms with Crippen molar-refractivity contribution in [1.82, 2.24) is 9.96 Å². The molecule has 1 aromatic heterocycles. The highest BCUT2D eigenvalue weighted by Gasteiger charge is 2.52. The van der Waals surface area contributed by atoms with Crippen LogP contribution in [0.3, 0.4) is 0 Å². The number of carbonyl (C=O) groups is 3. The number of methoxy groups -OCH3 is 1. The fraction of sp³-hybridized carbons (Fsp3) is 0.278. The smallest absolute Gasteiger partial charge is 0.345 e. The van der Waals surface area contributed by atoms with Gasteiger partial charge in [-0.15, -0.1) is 11.3 Å². The summed E-state index contributed by atoms with van der Waals surface area (Å²) in [4.78, 5) is 44.3. The number of carbonyl (C=O) groups excluding carboxylic acids is 2. The van der Waals surface area contributed by atoms with E-state index in [2.05, 4.69) is 0 Å². The van der Waals surface area contributed by atoms with Crippen LogP contribution in [0.5, 0.6) is 0 Å². The van der Waals surface area contributed by atoms with Crippen LogP contribution in [0.4, 0.5) is 4.79 Å². The number of rotatable bonds is 5. The minimum atomic E-state index is -1.08. The molecule has 0 spiro atoms. The van der Waals surface area contributed by atoms with Crippen LogP contribution in [0.2, 0.25) is 0 Å². The number of carboxylic acid groups (broad SMARTS) is 1. The quantitative estimate of drug-likeness (QED) is 0.791. The van der Waals surface area contributed by atoms with Crippen LogP contribution in [0.25, 0.3) is 0 Å². The van der Waals surface area contributed by atoms with Crippen LogP contribution in [-0.2, 0) is 21.0 Å². The van der Waals surface area contributed by atoms with Gasteiger partial charge < -0.3 is 14.7 Å². The number of fused-ring (bicyclic) bond motifs is 4. The van der Waals surface area contributed by atoms with E-state index >= 15 is 0 Å². The number of urea groups is 1. The van der Waals surface area contributed by atoms with Crippen LogP contribution >= 0.6 is 11.3 Å². The van der Waals surface area contributed by atoms with E-state index in [1.807, 2.05) is 30.3 Å². The zero-order valence-corrected chi connectivity index (χ0v) is 15.1. The molecule has 2 aliphatic rings. The van der Waals surface area contributed by atoms with E-state index in [0.717, 1.165) is 16.9 Å². The molecule has 8 nitrogen and oxygen atoms in total. The predicted octanol–water partition coefficient (Wildman–Crippen LogP) is 2.58. The summed E-state index contributed by atoms with van der Waals surface area (Å²) < 4.78 is 4.85. The number of benzene rings is 1. The lowest BCUT2D eigenvalue weighted by Gasteiger charge is -2.28. The third kappa shape index (κ3) is 2.84. The number of aromatic carboxylic acids is 1. The van der Waals surface area contributed by atoms with Gasteiger partial charge in [0.25, 0.3) is 0 Å². The number of hydroxylamine groups is 2. The summed E-state index contributed by atoms with van der Waals surface area (Å²) in [7, 11) is 1.24. The van der Waals surface area contributed by atoms with E-state index in [9.17, 15) is 19.5 Å². The van der Waals surface area contributed by atoms with Crippen molar-refractivity contribution >= 4 is 29.3 Å². The zero-order chi connectivity index (χ0) is 19.1. The molecule has 2 unspecified atom stereocenters. The van der Waals surface area contributed by atoms with Crippen molar-refractivity contribution in [1.29, 1.82) is 0 Å². The predicted molar refractivity (Wildman–Crippen MR) is 93.9 cm³/mol. The minimum absolute atomic E-state index is 0.109. The Morgan fingerprint density at radius 1 is 1.30 bits per heavy atom. The van der Waals surface area contributed by atoms with Crippen molar-refractivity contribution in [2.24, 2.45) is 0 Å². The van der Waals surface area contributed by atoms with Gasteiger partial charge in [0.1, 0.15) is 17.5 Å². The molecule has 2 atom stereocenters. The van der Waals surface area contributed by atoms with Gasteiger partial charge in [0.2, 0.25) is 0 Å². The molecule has 9 heteroatoms. The Hall–Kier alpha value is -2.91. The van der Waals surface area contributed by atoms with Crippen LogP contribution in [0.1, 0.15) is 37.8 Å². The fourth-order valence-corrected chi connectivity index (χ4v) is 4.55. The van der Waals surface area contributed by atoms with Crippen molar-refractivity contribution in [3.8, 4) is 0 Å². The summed E-state index contributed by atoms with van der Waals surface area (Å²) >= 11 is 0.985. The molecule has 2 aromatic rings. The Balaban J connectivity index is 1.68. The maximum atomic E-state index is 12.8. The minimum Gasteiger partial charge on any atom is -0.477 e. The first-order valence-electron chi connectivity index (χ1n) is 8.22. The van der Waals surface area contributed by atoms with Crippen molar-refractivity contribution in [2.45, 2.75) is 18.7 Å². The van der Waals surface area contributed by atoms with Gasteiger partial charge >= 0.3 is 18.0 Å². The van der Waals surface area contributed by atoms with Gasteiger partial charge in [-0.05, 0) is 17.2 Å². The highest BCUT2D eigenvalue weighted by Crippen LogP contribution is 2.47. The molecule has 140 valence electrons. The lowest BCUT2D eigenvalue weighted by atomic mass is 9.99. The fourth-order valence-electron chi connectivity index (χ4n) is 3.39. The molecular formula is C18H16N2O6S. The Bertz CT molecular complexity index is 912. The molecule has 3 heterocycles. The second kappa shape index (κ2) is 6.67. The highest BCUT2D eigenvalue weighted by molar-refractivity contribution is 7.14. The molecule has 27 heavy (non-hydrogen) atoms. The molecule has 0 saturated carbocycles. The Morgan fingerprint density at radius 3 is 2.70 bits per heavy atom. The normalized spacial score (nSPS) is 20.6. The first kappa shape index (κ1) is 17.5. The summed E-state index contributed by atoms with van der Waals surface area (Å²) in [6.45, 7) is 0.418. The molecule has 2 bridgehead atoms. The summed E-state index contributed by atoms with van der Waals surface area (Å²) in [5.41, 5.74) is 1.51. The van der Waals surface area contributed by atoms with E-state index in [1.54, 1.807) is 0 Å². The molecule has 4 rings (SSSR count). The summed E-state index contributed by atoms with van der Waals surface area (Å²) in [6.07, 6.45) is 0. The molecule has 1 aromatic carbocycles. The standard InChI is InChI=1S/C18H16N2O6S/c1-25-17(23)14-15-11(7-13(27-15)16(21)22)12-8-19(14)18(24)20(12)26-9-10-5-3-2-4-6-10/h2-7,12,14H,8-9H2,1H3,(H,21,22). The SMILES string of the molecule is COC(=O)C1c2sc(C(=O)O)cc2C2CN1C(=O)N2OCc1ccccc1. The molecule has 2 amide bonds. The maximum absolute atomic E-state index is 12.8. The van der Waals surface area contributed by atoms with E-state index in [4.69, 9.17) is 9.57 Å². The molecule has 0 aliphatic carbocycles. The number of esters is 1. The number of nitrogens with zero attached hydrogens (tertiary/aromatic N) is 2. The van der Waals surface area contributed by atoms with E-state index in [1.165, 1.54) is 23.1 Å². The van der Waals surface area contributed by atoms with E-state index in [0.29, 0.717) is 10.4 Å². The number of thiophene rings is 1. The van der Waals surface area contributed by atoms with Crippen LogP contribution in [-0.4, -0.2) is 46.7 Å². The van der Waals surface area contributed by atoms with Crippen LogP contribution in [0.15, 0.2) is 36.4 Å². The van der Waals surface area contributed by atoms with Gasteiger partial charge in [0.15, 0.2) is 6.04 Å². The Labute approximate surface area is 158 Å². The summed E-state index contributed by atoms with van der Waals surface area (Å²) in [5.74, 6) is -1.68. The lowest BCUT2D eigenvalue weighted by molar-refractivity contribution is -0.146. The third-order valence-corrected chi connectivity index (χ3v) is 5.84. The topological polar surface area (TPSA) is 96.4 Å². The van der Waals surface area contributed by atoms with Gasteiger partial charge in [-0.2, -0.15) is 5.06 Å². The molecule has 1 saturated heterocycles. The molecular weight excluding hydrogens is 372 g/mol. The Kier molecular flexibility index (Phi) is 4.33. The first-order chi connectivity index (χ1) is 13.0. The number of carboxylic acids is 1. The number of ether oxygens (including phenoxy) is 1. The van der Waals surface area contributed by atoms with Gasteiger partial charge in [-0.1, -0.05) is 30.3 Å². The lowest BCUT2D eigenvalue weighted by Crippen LogP contribution is -2.38. The van der Waals surface area contributed by atoms with Gasteiger partial charge in [-0.25, -0.2) is 14.4 Å². The van der Waals surface area contributed by atoms with E-state index in [-0.39, 0.29) is 18.0 Å². The second-order valence-corrected chi connectivity index (χ2v) is 7.28. The van der Waals surface area contributed by atoms with Crippen molar-refractivity contribution < 1.29 is 29.1 Å². The highest BCUT2D eigenvalue weighted by atomic mass is 32.1. The number of hydrogen-bond donors (Lipinski definition) is 1. The summed E-state index contributed by atoms with van der Waals surface area (Å²) in [5, 5.41) is 10.6. The molecule has 0 radical (unpaired) electrons. The Morgan fingerprint density at radius 2 is 2.04 bits per heavy atom. The van der Waals surface area contributed by atoms with E-state index < -0.39 is 30.1 Å². The largest absolute Gasteiger partial charge is 0.477 e. The maximum Gasteiger partial charge on any atom is 0.345 e. The average Bonchev–Trinajstić information content (AvgIpc) is 3.23. The molecule has 2 aliphatic heterocycles. The third-order valence-electron chi connectivity index (χ3n) is 4.65. The van der Waals surface area contributed by atoms with Gasteiger partial charge in [-0.3, -0.25) is 4.84 Å². The number of amides is 2. The van der Waals surface area contributed by atoms with Crippen molar-refractivity contribution in [3.63, 3.8) is 0 Å². The van der Waals surface area contributed by atoms with Gasteiger partial charge in [0, 0.05) is 4.88 Å². The van der Waals surface area contributed by atoms with Crippen molar-refractivity contribution in [3.05, 3.63) is 57.3 Å².